The molecule has 3 aliphatic heterocycles. The van der Waals surface area contributed by atoms with Crippen molar-refractivity contribution in [3.05, 3.63) is 23.8 Å². The van der Waals surface area contributed by atoms with Crippen LogP contribution in [0.15, 0.2) is 23.8 Å². The third kappa shape index (κ3) is 14.9. The van der Waals surface area contributed by atoms with Crippen LogP contribution in [-0.2, 0) is 38.1 Å². The van der Waals surface area contributed by atoms with Crippen molar-refractivity contribution in [3.63, 3.8) is 0 Å². The number of cyclic esters (lactones) is 1. The quantitative estimate of drug-likeness (QED) is 0.118. The highest BCUT2D eigenvalue weighted by atomic mass is 19.1. The number of fused-ring (bicyclic) bond motifs is 5. The maximum absolute atomic E-state index is 15.8. The third-order valence-corrected chi connectivity index (χ3v) is 18.6. The van der Waals surface area contributed by atoms with Gasteiger partial charge in [0.05, 0.1) is 48.1 Å². The number of aliphatic hydroxyl groups is 7. The Hall–Kier alpha value is -2.54. The van der Waals surface area contributed by atoms with Crippen LogP contribution in [0.2, 0.25) is 0 Å². The van der Waals surface area contributed by atoms with Crippen LogP contribution < -0.4 is 10.6 Å². The molecule has 0 radical (unpaired) electrons. The van der Waals surface area contributed by atoms with Crippen molar-refractivity contribution >= 4 is 17.7 Å². The van der Waals surface area contributed by atoms with Crippen LogP contribution in [0, 0.1) is 40.4 Å². The molecule has 0 aromatic carbocycles. The van der Waals surface area contributed by atoms with E-state index in [0.717, 1.165) is 12.8 Å². The van der Waals surface area contributed by atoms with Crippen molar-refractivity contribution in [2.24, 2.45) is 40.4 Å². The first kappa shape index (κ1) is 67.0. The topological polar surface area (TPSA) is 298 Å². The molecule has 77 heavy (non-hydrogen) atoms. The predicted molar refractivity (Wildman–Crippen MR) is 287 cm³/mol. The van der Waals surface area contributed by atoms with Gasteiger partial charge in [-0.3, -0.25) is 19.3 Å². The molecule has 0 aromatic rings. The lowest BCUT2D eigenvalue weighted by Gasteiger charge is -2.60. The molecule has 1 amide bonds. The second-order valence-electron chi connectivity index (χ2n) is 24.1. The van der Waals surface area contributed by atoms with Gasteiger partial charge >= 0.3 is 5.97 Å². The van der Waals surface area contributed by atoms with Gasteiger partial charge in [-0.2, -0.15) is 0 Å². The number of esters is 1. The van der Waals surface area contributed by atoms with Gasteiger partial charge in [-0.25, -0.2) is 4.39 Å². The Labute approximate surface area is 457 Å². The maximum Gasteiger partial charge on any atom is 0.309 e. The van der Waals surface area contributed by atoms with Gasteiger partial charge in [0.1, 0.15) is 30.1 Å². The minimum Gasteiger partial charge on any atom is -0.459 e. The molecule has 7 rings (SSSR count). The number of ketones is 1. The third-order valence-electron chi connectivity index (χ3n) is 18.6. The molecule has 7 aliphatic rings. The molecule has 0 aromatic heterocycles. The summed E-state index contributed by atoms with van der Waals surface area (Å²) in [6.07, 6.45) is 0.757. The molecule has 3 saturated heterocycles. The summed E-state index contributed by atoms with van der Waals surface area (Å²) in [7, 11) is 5.27. The number of rotatable bonds is 9. The summed E-state index contributed by atoms with van der Waals surface area (Å²) in [5.74, 6) is -2.93. The van der Waals surface area contributed by atoms with E-state index in [1.807, 2.05) is 46.7 Å². The fourth-order valence-corrected chi connectivity index (χ4v) is 14.1. The number of carbonyl (C=O) groups is 3. The van der Waals surface area contributed by atoms with Gasteiger partial charge in [0.2, 0.25) is 0 Å². The number of carbonyl (C=O) groups excluding carboxylic acids is 3. The Balaban J connectivity index is 0.000000694. The van der Waals surface area contributed by atoms with E-state index >= 15 is 4.39 Å². The first-order valence-corrected chi connectivity index (χ1v) is 28.4. The van der Waals surface area contributed by atoms with Crippen LogP contribution >= 0.6 is 0 Å². The number of ether oxygens (including phenoxy) is 5. The summed E-state index contributed by atoms with van der Waals surface area (Å²) < 4.78 is 44.3. The Morgan fingerprint density at radius 2 is 1.58 bits per heavy atom. The molecule has 0 bridgehead atoms. The van der Waals surface area contributed by atoms with E-state index < -0.39 is 113 Å². The SMILES string of the molecule is CC[C@H]1OC(=O)[C@H](C)C[C@H](C)C(O[C@H]2CCC[C@@H](C)O2)[C@H](O)CCCN(CCCNC(=O)[C@@]2(O)CCC3C4C[C@H](F)C5=CC(=O)C=C[C@]5(C)C4[C@@H](O)C[C@@]32C)[C@H](C)[C@@H](O)[C@@H]1O.CNC.CO[C@@]1(C)C[C@@H](O)OC(C)[C@H]1O.O. The number of amides is 1. The monoisotopic (exact) mass is 1100 g/mol. The highest BCUT2D eigenvalue weighted by molar-refractivity contribution is 6.01. The molecule has 4 aliphatic carbocycles. The van der Waals surface area contributed by atoms with Gasteiger partial charge in [0, 0.05) is 49.4 Å². The number of halogens is 1. The zero-order valence-electron chi connectivity index (χ0n) is 48.2. The van der Waals surface area contributed by atoms with Crippen molar-refractivity contribution in [2.75, 3.05) is 40.8 Å². The summed E-state index contributed by atoms with van der Waals surface area (Å²) >= 11 is 0. The van der Waals surface area contributed by atoms with Gasteiger partial charge in [0.25, 0.3) is 5.91 Å². The second-order valence-corrected chi connectivity index (χ2v) is 24.1. The van der Waals surface area contributed by atoms with E-state index in [1.54, 1.807) is 40.7 Å². The van der Waals surface area contributed by atoms with Crippen LogP contribution in [0.5, 0.6) is 0 Å². The Morgan fingerprint density at radius 3 is 2.22 bits per heavy atom. The van der Waals surface area contributed by atoms with E-state index in [2.05, 4.69) is 10.6 Å². The molecule has 446 valence electrons. The number of nitrogens with zero attached hydrogens (tertiary/aromatic N) is 1. The first-order chi connectivity index (χ1) is 35.7. The largest absolute Gasteiger partial charge is 0.459 e. The van der Waals surface area contributed by atoms with E-state index in [1.165, 1.54) is 19.3 Å². The average molecular weight is 1100 g/mol. The van der Waals surface area contributed by atoms with E-state index in [-0.39, 0.29) is 73.3 Å². The Kier molecular flexibility index (Phi) is 24.7. The lowest BCUT2D eigenvalue weighted by Crippen LogP contribution is -2.64. The number of nitrogens with one attached hydrogen (secondary N) is 2. The number of hydrogen-bond donors (Lipinski definition) is 9. The molecule has 19 nitrogen and oxygen atoms in total. The minimum absolute atomic E-state index is 0. The van der Waals surface area contributed by atoms with Gasteiger partial charge < -0.3 is 75.5 Å². The molecule has 3 heterocycles. The van der Waals surface area contributed by atoms with Crippen LogP contribution in [0.1, 0.15) is 146 Å². The average Bonchev–Trinajstić information content (AvgIpc) is 3.64. The van der Waals surface area contributed by atoms with Crippen LogP contribution in [0.25, 0.3) is 0 Å². The molecule has 11 N–H and O–H groups in total. The Bertz CT molecular complexity index is 1970. The van der Waals surface area contributed by atoms with E-state index in [0.29, 0.717) is 63.6 Å². The second kappa shape index (κ2) is 28.4. The smallest absolute Gasteiger partial charge is 0.309 e. The maximum atomic E-state index is 15.8. The van der Waals surface area contributed by atoms with E-state index in [9.17, 15) is 50.1 Å². The molecule has 0 spiro atoms. The first-order valence-electron chi connectivity index (χ1n) is 28.4. The summed E-state index contributed by atoms with van der Waals surface area (Å²) in [5, 5.41) is 83.1. The van der Waals surface area contributed by atoms with Crippen LogP contribution in [0.3, 0.4) is 0 Å². The highest BCUT2D eigenvalue weighted by Gasteiger charge is 2.69. The normalized spacial score (nSPS) is 44.8. The van der Waals surface area contributed by atoms with Gasteiger partial charge in [-0.15, -0.1) is 0 Å². The summed E-state index contributed by atoms with van der Waals surface area (Å²) in [6, 6.07) is -0.597. The number of hydrogen-bond acceptors (Lipinski definition) is 17. The molecular formula is C57H100FN3O16. The zero-order valence-corrected chi connectivity index (χ0v) is 48.2. The molecule has 20 heteroatoms. The number of methoxy groups -OCH3 is 1. The van der Waals surface area contributed by atoms with Crippen molar-refractivity contribution in [1.29, 1.82) is 0 Å². The van der Waals surface area contributed by atoms with Gasteiger partial charge in [-0.1, -0.05) is 40.7 Å². The lowest BCUT2D eigenvalue weighted by molar-refractivity contribution is -0.263. The lowest BCUT2D eigenvalue weighted by atomic mass is 9.46. The molecule has 3 saturated carbocycles. The fraction of sp³-hybridized carbons (Fsp3) is 0.877. The summed E-state index contributed by atoms with van der Waals surface area (Å²) in [4.78, 5) is 41.6. The van der Waals surface area contributed by atoms with Crippen molar-refractivity contribution in [2.45, 2.75) is 237 Å². The van der Waals surface area contributed by atoms with Crippen LogP contribution in [-0.4, -0.2) is 196 Å². The van der Waals surface area contributed by atoms with Crippen molar-refractivity contribution in [1.82, 2.24) is 15.5 Å². The Morgan fingerprint density at radius 1 is 0.909 bits per heavy atom. The van der Waals surface area contributed by atoms with Gasteiger partial charge in [0.15, 0.2) is 18.4 Å². The van der Waals surface area contributed by atoms with Crippen molar-refractivity contribution in [3.8, 4) is 0 Å². The standard InChI is InChI=1S/C47H75FN2O11.C8H16O4.C2H7N.H2O/c1-8-37-41(55)40(54)29(5)50(20-10-13-35(52)42(26(2)22-27(3)43(56)60-37)61-38-14-9-12-28(4)59-38)21-11-19-49-44(57)47(58)18-16-32-31-24-34(48)33-23-30(51)15-17-45(33,6)39(31)36(53)25-46(32,47)7;1-5-7(10)8(2,11-3)4-6(9)12-5;1-3-2;/h15,17,23,26-29,31-32,34-42,52-55,58H,8-14,16,18-22,24-25H2,1-7H3,(H,49,57);5-7,9-10H,4H2,1-3H3;3H,1-2H3;1H2/t26-,27+,28+,29+,31?,32?,34-,35+,36-,37+,38-,39?,40+,41+,42?,45-,46-,47-;5?,6-,7+,8-;;/m00../s1. The number of aliphatic hydroxyl groups excluding tert-OH is 6. The van der Waals surface area contributed by atoms with Crippen LogP contribution in [0.4, 0.5) is 4.39 Å². The molecule has 5 unspecified atom stereocenters. The highest BCUT2D eigenvalue weighted by Crippen LogP contribution is 2.67. The summed E-state index contributed by atoms with van der Waals surface area (Å²) in [5.41, 5.74) is -3.94. The van der Waals surface area contributed by atoms with Gasteiger partial charge in [-0.05, 0) is 161 Å². The fourth-order valence-electron chi connectivity index (χ4n) is 14.1. The number of allylic oxidation sites excluding steroid dienone is 4. The number of alkyl halides is 1. The minimum atomic E-state index is -1.79. The molecular weight excluding hydrogens is 1000 g/mol. The van der Waals surface area contributed by atoms with Crippen molar-refractivity contribution < 1.29 is 83.7 Å². The molecule has 22 atom stereocenters. The summed E-state index contributed by atoms with van der Waals surface area (Å²) in [6.45, 7) is 17.5. The predicted octanol–water partition coefficient (Wildman–Crippen LogP) is 3.19. The van der Waals surface area contributed by atoms with E-state index in [4.69, 9.17) is 23.7 Å². The molecule has 6 fully saturated rings. The zero-order chi connectivity index (χ0) is 56.7.